The molecule has 132 valence electrons. The largest absolute Gasteiger partial charge is 0.449 e. The van der Waals surface area contributed by atoms with Crippen molar-refractivity contribution in [2.24, 2.45) is 7.05 Å². The third kappa shape index (κ3) is 4.53. The lowest BCUT2D eigenvalue weighted by Crippen LogP contribution is -2.29. The Balaban J connectivity index is 1.96. The molecule has 7 heteroatoms. The summed E-state index contributed by atoms with van der Waals surface area (Å²) < 4.78 is 20.3. The molecule has 1 amide bonds. The summed E-state index contributed by atoms with van der Waals surface area (Å²) in [5.74, 6) is -1.84. The second kappa shape index (κ2) is 7.74. The van der Waals surface area contributed by atoms with Crippen molar-refractivity contribution in [3.63, 3.8) is 0 Å². The zero-order valence-electron chi connectivity index (χ0n) is 14.5. The minimum atomic E-state index is -1.06. The van der Waals surface area contributed by atoms with Crippen molar-refractivity contribution in [3.05, 3.63) is 53.1 Å². The second-order valence-electron chi connectivity index (χ2n) is 5.59. The number of nitrogens with zero attached hydrogens (tertiary/aromatic N) is 2. The summed E-state index contributed by atoms with van der Waals surface area (Å²) in [7, 11) is 1.81. The summed E-state index contributed by atoms with van der Waals surface area (Å²) in [6, 6.07) is 5.77. The van der Waals surface area contributed by atoms with Gasteiger partial charge in [0.25, 0.3) is 5.91 Å². The molecule has 0 radical (unpaired) electrons. The molecular weight excluding hydrogens is 325 g/mol. The van der Waals surface area contributed by atoms with Crippen molar-refractivity contribution in [1.82, 2.24) is 9.78 Å². The number of aryl methyl sites for hydroxylation is 2. The van der Waals surface area contributed by atoms with Crippen molar-refractivity contribution in [3.8, 4) is 0 Å². The maximum atomic E-state index is 13.5. The number of amides is 1. The first-order valence-electron chi connectivity index (χ1n) is 7.74. The molecule has 1 atom stereocenters. The number of esters is 1. The molecule has 1 aromatic carbocycles. The Morgan fingerprint density at radius 3 is 2.60 bits per heavy atom. The molecule has 25 heavy (non-hydrogen) atoms. The molecule has 2 aromatic rings. The number of ether oxygens (including phenoxy) is 1. The topological polar surface area (TPSA) is 73.2 Å². The summed E-state index contributed by atoms with van der Waals surface area (Å²) in [4.78, 5) is 23.9. The minimum Gasteiger partial charge on any atom is -0.449 e. The number of benzene rings is 1. The van der Waals surface area contributed by atoms with Crippen LogP contribution in [-0.4, -0.2) is 27.8 Å². The third-order valence-electron chi connectivity index (χ3n) is 3.74. The lowest BCUT2D eigenvalue weighted by Gasteiger charge is -2.12. The minimum absolute atomic E-state index is 0.0348. The molecule has 0 bridgehead atoms. The highest BCUT2D eigenvalue weighted by Crippen LogP contribution is 2.15. The molecule has 0 aliphatic carbocycles. The van der Waals surface area contributed by atoms with Gasteiger partial charge >= 0.3 is 5.97 Å². The van der Waals surface area contributed by atoms with Crippen LogP contribution >= 0.6 is 0 Å². The molecular formula is C18H20FN3O3. The first kappa shape index (κ1) is 18.4. The summed E-state index contributed by atoms with van der Waals surface area (Å²) in [6.45, 7) is 5.14. The highest BCUT2D eigenvalue weighted by molar-refractivity contribution is 5.96. The maximum Gasteiger partial charge on any atom is 0.331 e. The van der Waals surface area contributed by atoms with E-state index in [4.69, 9.17) is 4.74 Å². The Labute approximate surface area is 145 Å². The van der Waals surface area contributed by atoms with Crippen LogP contribution in [0.2, 0.25) is 0 Å². The summed E-state index contributed by atoms with van der Waals surface area (Å²) in [5.41, 5.74) is 2.55. The SMILES string of the molecule is Cc1nn(C)c(C)c1/C=C/C(=O)O[C@H](C)C(=O)Nc1ccccc1F. The predicted molar refractivity (Wildman–Crippen MR) is 92.3 cm³/mol. The standard InChI is InChI=1S/C18H20FN3O3/c1-11-14(12(2)22(4)21-11)9-10-17(23)25-13(3)18(24)20-16-8-6-5-7-15(16)19/h5-10,13H,1-4H3,(H,20,24)/b10-9+/t13-/m1/s1. The fourth-order valence-electron chi connectivity index (χ4n) is 2.25. The van der Waals surface area contributed by atoms with Crippen LogP contribution in [0.25, 0.3) is 6.08 Å². The van der Waals surface area contributed by atoms with Crippen molar-refractivity contribution in [2.75, 3.05) is 5.32 Å². The quantitative estimate of drug-likeness (QED) is 0.668. The number of rotatable bonds is 5. The van der Waals surface area contributed by atoms with Gasteiger partial charge in [-0.1, -0.05) is 12.1 Å². The van der Waals surface area contributed by atoms with E-state index in [0.717, 1.165) is 17.0 Å². The molecule has 0 saturated carbocycles. The molecule has 0 fully saturated rings. The van der Waals surface area contributed by atoms with Gasteiger partial charge < -0.3 is 10.1 Å². The lowest BCUT2D eigenvalue weighted by atomic mass is 10.2. The Bertz CT molecular complexity index is 827. The van der Waals surface area contributed by atoms with E-state index >= 15 is 0 Å². The average molecular weight is 345 g/mol. The number of halogens is 1. The number of carbonyl (C=O) groups is 2. The second-order valence-corrected chi connectivity index (χ2v) is 5.59. The van der Waals surface area contributed by atoms with E-state index in [1.54, 1.807) is 16.8 Å². The smallest absolute Gasteiger partial charge is 0.331 e. The predicted octanol–water partition coefficient (Wildman–Crippen LogP) is 2.76. The molecule has 0 unspecified atom stereocenters. The Hall–Kier alpha value is -2.96. The molecule has 1 heterocycles. The van der Waals surface area contributed by atoms with Gasteiger partial charge in [-0.05, 0) is 39.0 Å². The van der Waals surface area contributed by atoms with Gasteiger partial charge in [-0.15, -0.1) is 0 Å². The van der Waals surface area contributed by atoms with Gasteiger partial charge in [0.1, 0.15) is 5.82 Å². The maximum absolute atomic E-state index is 13.5. The normalized spacial score (nSPS) is 12.2. The number of carbonyl (C=O) groups excluding carboxylic acids is 2. The number of hydrogen-bond donors (Lipinski definition) is 1. The van der Waals surface area contributed by atoms with E-state index in [2.05, 4.69) is 10.4 Å². The van der Waals surface area contributed by atoms with Crippen LogP contribution in [0, 0.1) is 19.7 Å². The fraction of sp³-hybridized carbons (Fsp3) is 0.278. The Morgan fingerprint density at radius 1 is 1.32 bits per heavy atom. The first-order valence-corrected chi connectivity index (χ1v) is 7.74. The van der Waals surface area contributed by atoms with Crippen LogP contribution in [0.15, 0.2) is 30.3 Å². The van der Waals surface area contributed by atoms with Crippen LogP contribution in [0.4, 0.5) is 10.1 Å². The van der Waals surface area contributed by atoms with Gasteiger partial charge in [-0.2, -0.15) is 5.10 Å². The van der Waals surface area contributed by atoms with E-state index in [9.17, 15) is 14.0 Å². The molecule has 0 spiro atoms. The number of hydrogen-bond acceptors (Lipinski definition) is 4. The van der Waals surface area contributed by atoms with Crippen LogP contribution in [0.1, 0.15) is 23.9 Å². The summed E-state index contributed by atoms with van der Waals surface area (Å²) in [6.07, 6.45) is 1.78. The van der Waals surface area contributed by atoms with Crippen LogP contribution in [0.5, 0.6) is 0 Å². The molecule has 0 aliphatic rings. The van der Waals surface area contributed by atoms with E-state index in [0.29, 0.717) is 0 Å². The van der Waals surface area contributed by atoms with Gasteiger partial charge in [0, 0.05) is 24.4 Å². The summed E-state index contributed by atoms with van der Waals surface area (Å²) in [5, 5.41) is 6.63. The average Bonchev–Trinajstić information content (AvgIpc) is 2.80. The number of nitrogens with one attached hydrogen (secondary N) is 1. The van der Waals surface area contributed by atoms with Crippen molar-refractivity contribution >= 4 is 23.6 Å². The van der Waals surface area contributed by atoms with Gasteiger partial charge in [-0.3, -0.25) is 9.48 Å². The van der Waals surface area contributed by atoms with Gasteiger partial charge in [0.15, 0.2) is 6.10 Å². The van der Waals surface area contributed by atoms with E-state index in [-0.39, 0.29) is 5.69 Å². The van der Waals surface area contributed by atoms with Gasteiger partial charge in [-0.25, -0.2) is 9.18 Å². The Morgan fingerprint density at radius 2 is 2.00 bits per heavy atom. The zero-order valence-corrected chi connectivity index (χ0v) is 14.5. The molecule has 0 saturated heterocycles. The fourth-order valence-corrected chi connectivity index (χ4v) is 2.25. The Kier molecular flexibility index (Phi) is 5.69. The lowest BCUT2D eigenvalue weighted by molar-refractivity contribution is -0.148. The van der Waals surface area contributed by atoms with E-state index in [1.807, 2.05) is 20.9 Å². The third-order valence-corrected chi connectivity index (χ3v) is 3.74. The zero-order chi connectivity index (χ0) is 18.6. The molecule has 0 aliphatic heterocycles. The van der Waals surface area contributed by atoms with Crippen molar-refractivity contribution < 1.29 is 18.7 Å². The molecule has 1 N–H and O–H groups in total. The molecule has 6 nitrogen and oxygen atoms in total. The number of anilines is 1. The summed E-state index contributed by atoms with van der Waals surface area (Å²) >= 11 is 0. The molecule has 1 aromatic heterocycles. The van der Waals surface area contributed by atoms with Crippen LogP contribution < -0.4 is 5.32 Å². The van der Waals surface area contributed by atoms with Gasteiger partial charge in [0.05, 0.1) is 11.4 Å². The molecule has 2 rings (SSSR count). The van der Waals surface area contributed by atoms with Crippen LogP contribution in [-0.2, 0) is 21.4 Å². The number of aromatic nitrogens is 2. The first-order chi connectivity index (χ1) is 11.8. The van der Waals surface area contributed by atoms with E-state index < -0.39 is 23.8 Å². The van der Waals surface area contributed by atoms with Crippen molar-refractivity contribution in [2.45, 2.75) is 26.9 Å². The van der Waals surface area contributed by atoms with E-state index in [1.165, 1.54) is 31.2 Å². The monoisotopic (exact) mass is 345 g/mol. The van der Waals surface area contributed by atoms with Crippen LogP contribution in [0.3, 0.4) is 0 Å². The highest BCUT2D eigenvalue weighted by Gasteiger charge is 2.18. The highest BCUT2D eigenvalue weighted by atomic mass is 19.1. The van der Waals surface area contributed by atoms with Crippen molar-refractivity contribution in [1.29, 1.82) is 0 Å². The number of para-hydroxylation sites is 1. The van der Waals surface area contributed by atoms with Gasteiger partial charge in [0.2, 0.25) is 0 Å².